The summed E-state index contributed by atoms with van der Waals surface area (Å²) in [6, 6.07) is 6.27. The molecule has 2 heterocycles. The van der Waals surface area contributed by atoms with Crippen LogP contribution in [0.15, 0.2) is 41.6 Å². The van der Waals surface area contributed by atoms with Crippen molar-refractivity contribution < 1.29 is 10.0 Å². The molecule has 0 radical (unpaired) electrons. The van der Waals surface area contributed by atoms with Crippen LogP contribution in [0, 0.1) is 24.0 Å². The zero-order chi connectivity index (χ0) is 18.1. The number of fused-ring (bicyclic) bond motifs is 1. The Morgan fingerprint density at radius 3 is 2.60 bits per heavy atom. The molecule has 0 aliphatic carbocycles. The van der Waals surface area contributed by atoms with Crippen LogP contribution in [-0.4, -0.2) is 30.3 Å². The monoisotopic (exact) mass is 342 g/mol. The molecule has 0 saturated heterocycles. The number of aliphatic hydroxyl groups excluding tert-OH is 1. The summed E-state index contributed by atoms with van der Waals surface area (Å²) in [4.78, 5) is 26.4. The van der Waals surface area contributed by atoms with Crippen molar-refractivity contribution in [3.05, 3.63) is 68.4 Å². The van der Waals surface area contributed by atoms with Crippen LogP contribution in [0.3, 0.4) is 0 Å². The standard InChI is InChI=1S/C17H18N4O4/c1-11-5-15-16(6-12(11)2)20(10-18-15)9-14(22)8-19-7-13(21(24)25)3-4-17(19)23/h3-7,10,14,22H,8-9H2,1-2H3/t14-/m0/s1. The molecule has 1 N–H and O–H groups in total. The molecule has 0 aliphatic heterocycles. The van der Waals surface area contributed by atoms with Gasteiger partial charge in [0.2, 0.25) is 0 Å². The fraction of sp³-hybridized carbons (Fsp3) is 0.294. The normalized spacial score (nSPS) is 12.4. The van der Waals surface area contributed by atoms with Crippen molar-refractivity contribution in [1.82, 2.24) is 14.1 Å². The van der Waals surface area contributed by atoms with Gasteiger partial charge < -0.3 is 14.2 Å². The summed E-state index contributed by atoms with van der Waals surface area (Å²) in [6.07, 6.45) is 1.90. The summed E-state index contributed by atoms with van der Waals surface area (Å²) in [5, 5.41) is 21.2. The Hall–Kier alpha value is -3.00. The van der Waals surface area contributed by atoms with Crippen molar-refractivity contribution in [3.63, 3.8) is 0 Å². The van der Waals surface area contributed by atoms with Gasteiger partial charge in [-0.25, -0.2) is 4.98 Å². The van der Waals surface area contributed by atoms with Gasteiger partial charge in [-0.05, 0) is 37.1 Å². The first-order valence-corrected chi connectivity index (χ1v) is 7.80. The van der Waals surface area contributed by atoms with E-state index in [-0.39, 0.29) is 18.8 Å². The Morgan fingerprint density at radius 1 is 1.20 bits per heavy atom. The van der Waals surface area contributed by atoms with Gasteiger partial charge in [0, 0.05) is 12.1 Å². The van der Waals surface area contributed by atoms with Crippen molar-refractivity contribution in [3.8, 4) is 0 Å². The molecule has 0 bridgehead atoms. The van der Waals surface area contributed by atoms with E-state index in [9.17, 15) is 20.0 Å². The van der Waals surface area contributed by atoms with Gasteiger partial charge in [-0.1, -0.05) is 0 Å². The lowest BCUT2D eigenvalue weighted by atomic mass is 10.1. The van der Waals surface area contributed by atoms with Gasteiger partial charge in [0.25, 0.3) is 11.2 Å². The molecule has 8 heteroatoms. The number of aromatic nitrogens is 3. The first-order valence-electron chi connectivity index (χ1n) is 7.80. The average Bonchev–Trinajstić information content (AvgIpc) is 2.91. The molecule has 0 unspecified atom stereocenters. The fourth-order valence-electron chi connectivity index (χ4n) is 2.74. The highest BCUT2D eigenvalue weighted by Gasteiger charge is 2.13. The van der Waals surface area contributed by atoms with E-state index in [2.05, 4.69) is 4.98 Å². The fourth-order valence-corrected chi connectivity index (χ4v) is 2.74. The maximum atomic E-state index is 11.8. The van der Waals surface area contributed by atoms with Crippen molar-refractivity contribution in [1.29, 1.82) is 0 Å². The predicted octanol–water partition coefficient (Wildman–Crippen LogP) is 1.78. The maximum Gasteiger partial charge on any atom is 0.285 e. The largest absolute Gasteiger partial charge is 0.389 e. The second-order valence-electron chi connectivity index (χ2n) is 6.11. The second kappa shape index (κ2) is 6.48. The van der Waals surface area contributed by atoms with Crippen LogP contribution >= 0.6 is 0 Å². The van der Waals surface area contributed by atoms with Crippen LogP contribution in [0.25, 0.3) is 11.0 Å². The molecule has 1 atom stereocenters. The van der Waals surface area contributed by atoms with Crippen LogP contribution in [0.5, 0.6) is 0 Å². The van der Waals surface area contributed by atoms with E-state index >= 15 is 0 Å². The van der Waals surface area contributed by atoms with Gasteiger partial charge >= 0.3 is 0 Å². The van der Waals surface area contributed by atoms with Crippen molar-refractivity contribution in [2.45, 2.75) is 33.0 Å². The summed E-state index contributed by atoms with van der Waals surface area (Å²) in [5.74, 6) is 0. The molecule has 0 saturated carbocycles. The Kier molecular flexibility index (Phi) is 4.37. The third-order valence-electron chi connectivity index (χ3n) is 4.23. The number of rotatable bonds is 5. The minimum Gasteiger partial charge on any atom is -0.389 e. The maximum absolute atomic E-state index is 11.8. The molecule has 0 spiro atoms. The van der Waals surface area contributed by atoms with Crippen LogP contribution in [0.4, 0.5) is 5.69 Å². The highest BCUT2D eigenvalue weighted by molar-refractivity contribution is 5.77. The number of imidazole rings is 1. The number of aliphatic hydroxyl groups is 1. The highest BCUT2D eigenvalue weighted by Crippen LogP contribution is 2.19. The Balaban J connectivity index is 1.83. The zero-order valence-corrected chi connectivity index (χ0v) is 13.9. The first-order chi connectivity index (χ1) is 11.8. The zero-order valence-electron chi connectivity index (χ0n) is 13.9. The summed E-state index contributed by atoms with van der Waals surface area (Å²) < 4.78 is 2.96. The molecule has 3 aromatic rings. The van der Waals surface area contributed by atoms with E-state index in [1.807, 2.05) is 30.5 Å². The van der Waals surface area contributed by atoms with E-state index in [1.165, 1.54) is 0 Å². The van der Waals surface area contributed by atoms with Crippen molar-refractivity contribution in [2.75, 3.05) is 0 Å². The molecular weight excluding hydrogens is 324 g/mol. The smallest absolute Gasteiger partial charge is 0.285 e. The number of nitro groups is 1. The lowest BCUT2D eigenvalue weighted by molar-refractivity contribution is -0.385. The molecule has 3 rings (SSSR count). The average molecular weight is 342 g/mol. The van der Waals surface area contributed by atoms with E-state index in [1.54, 1.807) is 6.33 Å². The van der Waals surface area contributed by atoms with E-state index in [4.69, 9.17) is 0 Å². The van der Waals surface area contributed by atoms with E-state index < -0.39 is 16.6 Å². The topological polar surface area (TPSA) is 103 Å². The molecule has 130 valence electrons. The molecule has 0 aliphatic rings. The van der Waals surface area contributed by atoms with Gasteiger partial charge in [-0.3, -0.25) is 14.9 Å². The van der Waals surface area contributed by atoms with Crippen LogP contribution < -0.4 is 5.56 Å². The third kappa shape index (κ3) is 3.43. The minimum atomic E-state index is -0.890. The lowest BCUT2D eigenvalue weighted by Crippen LogP contribution is -2.28. The van der Waals surface area contributed by atoms with Gasteiger partial charge in [0.1, 0.15) is 0 Å². The summed E-state index contributed by atoms with van der Waals surface area (Å²) >= 11 is 0. The Morgan fingerprint density at radius 2 is 1.88 bits per heavy atom. The Bertz CT molecular complexity index is 1010. The number of pyridine rings is 1. The first kappa shape index (κ1) is 16.8. The van der Waals surface area contributed by atoms with Gasteiger partial charge in [-0.15, -0.1) is 0 Å². The quantitative estimate of drug-likeness (QED) is 0.562. The van der Waals surface area contributed by atoms with Gasteiger partial charge in [0.05, 0.1) is 47.7 Å². The number of hydrogen-bond acceptors (Lipinski definition) is 5. The van der Waals surface area contributed by atoms with Crippen LogP contribution in [-0.2, 0) is 13.1 Å². The predicted molar refractivity (Wildman–Crippen MR) is 92.6 cm³/mol. The number of aryl methyl sites for hydroxylation is 2. The number of benzene rings is 1. The molecule has 0 amide bonds. The minimum absolute atomic E-state index is 0.0367. The summed E-state index contributed by atoms with van der Waals surface area (Å²) in [5.41, 5.74) is 3.41. The summed E-state index contributed by atoms with van der Waals surface area (Å²) in [7, 11) is 0. The van der Waals surface area contributed by atoms with Crippen molar-refractivity contribution in [2.24, 2.45) is 0 Å². The molecule has 2 aromatic heterocycles. The van der Waals surface area contributed by atoms with Gasteiger partial charge in [-0.2, -0.15) is 0 Å². The SMILES string of the molecule is Cc1cc2ncn(C[C@@H](O)Cn3cc([N+](=O)[O-])ccc3=O)c2cc1C. The summed E-state index contributed by atoms with van der Waals surface area (Å²) in [6.45, 7) is 4.21. The third-order valence-corrected chi connectivity index (χ3v) is 4.23. The molecule has 8 nitrogen and oxygen atoms in total. The number of hydrogen-bond donors (Lipinski definition) is 1. The van der Waals surface area contributed by atoms with E-state index in [0.717, 1.165) is 45.1 Å². The van der Waals surface area contributed by atoms with E-state index in [0.29, 0.717) is 0 Å². The second-order valence-corrected chi connectivity index (χ2v) is 6.11. The van der Waals surface area contributed by atoms with Crippen LogP contribution in [0.1, 0.15) is 11.1 Å². The molecule has 1 aromatic carbocycles. The molecular formula is C17H18N4O4. The number of nitrogens with zero attached hydrogens (tertiary/aromatic N) is 4. The molecule has 25 heavy (non-hydrogen) atoms. The molecule has 0 fully saturated rings. The Labute approximate surface area is 143 Å². The van der Waals surface area contributed by atoms with Crippen molar-refractivity contribution >= 4 is 16.7 Å². The van der Waals surface area contributed by atoms with Crippen LogP contribution in [0.2, 0.25) is 0 Å². The van der Waals surface area contributed by atoms with Gasteiger partial charge in [0.15, 0.2) is 0 Å². The lowest BCUT2D eigenvalue weighted by Gasteiger charge is -2.14. The highest BCUT2D eigenvalue weighted by atomic mass is 16.6.